The normalized spacial score (nSPS) is 16.8. The molecule has 6 heteroatoms. The summed E-state index contributed by atoms with van der Waals surface area (Å²) in [6.45, 7) is 1.91. The van der Waals surface area contributed by atoms with Crippen molar-refractivity contribution in [1.29, 1.82) is 0 Å². The number of likely N-dealkylation sites (tertiary alicyclic amines) is 1. The average molecular weight is 376 g/mol. The highest BCUT2D eigenvalue weighted by Crippen LogP contribution is 2.25. The summed E-state index contributed by atoms with van der Waals surface area (Å²) in [6, 6.07) is 13.2. The van der Waals surface area contributed by atoms with E-state index in [9.17, 15) is 9.90 Å². The van der Waals surface area contributed by atoms with Crippen LogP contribution in [-0.2, 0) is 0 Å². The van der Waals surface area contributed by atoms with Crippen LogP contribution < -0.4 is 5.32 Å². The molecule has 0 atom stereocenters. The molecule has 0 saturated carbocycles. The van der Waals surface area contributed by atoms with Gasteiger partial charge in [0.15, 0.2) is 0 Å². The summed E-state index contributed by atoms with van der Waals surface area (Å²) >= 11 is 0. The minimum Gasteiger partial charge on any atom is -0.388 e. The predicted molar refractivity (Wildman–Crippen MR) is 109 cm³/mol. The summed E-state index contributed by atoms with van der Waals surface area (Å²) in [7, 11) is 2.04. The second kappa shape index (κ2) is 7.66. The number of para-hydroxylation sites is 1. The first-order valence-electron chi connectivity index (χ1n) is 9.53. The molecule has 144 valence electrons. The number of benzene rings is 1. The van der Waals surface area contributed by atoms with E-state index in [1.807, 2.05) is 49.5 Å². The molecule has 1 aliphatic rings. The van der Waals surface area contributed by atoms with Crippen LogP contribution in [0.1, 0.15) is 23.2 Å². The van der Waals surface area contributed by atoms with Gasteiger partial charge in [-0.3, -0.25) is 9.78 Å². The lowest BCUT2D eigenvalue weighted by Gasteiger charge is -2.36. The number of aromatic nitrogens is 2. The summed E-state index contributed by atoms with van der Waals surface area (Å²) in [5.41, 5.74) is 2.11. The molecule has 4 rings (SSSR count). The molecule has 28 heavy (non-hydrogen) atoms. The van der Waals surface area contributed by atoms with Crippen LogP contribution in [0.3, 0.4) is 0 Å². The molecule has 6 nitrogen and oxygen atoms in total. The number of pyridine rings is 2. The summed E-state index contributed by atoms with van der Waals surface area (Å²) in [4.78, 5) is 24.0. The lowest BCUT2D eigenvalue weighted by Crippen LogP contribution is -2.50. The van der Waals surface area contributed by atoms with E-state index in [1.54, 1.807) is 12.4 Å². The molecule has 1 aromatic carbocycles. The molecule has 3 heterocycles. The summed E-state index contributed by atoms with van der Waals surface area (Å²) in [5, 5.41) is 14.5. The Morgan fingerprint density at radius 1 is 1.18 bits per heavy atom. The van der Waals surface area contributed by atoms with Crippen LogP contribution in [0, 0.1) is 0 Å². The van der Waals surface area contributed by atoms with E-state index < -0.39 is 5.60 Å². The van der Waals surface area contributed by atoms with Crippen molar-refractivity contribution < 1.29 is 9.90 Å². The van der Waals surface area contributed by atoms with Gasteiger partial charge in [-0.05, 0) is 44.2 Å². The van der Waals surface area contributed by atoms with Crippen LogP contribution in [0.25, 0.3) is 22.2 Å². The number of rotatable bonds is 4. The number of nitrogens with zero attached hydrogens (tertiary/aromatic N) is 3. The van der Waals surface area contributed by atoms with E-state index in [1.165, 1.54) is 0 Å². The lowest BCUT2D eigenvalue weighted by atomic mass is 9.91. The SMILES string of the molecule is CN1CCC(O)(CNC(=O)c2cc(-c3ccncc3)nc3ccccc23)CC1. The monoisotopic (exact) mass is 376 g/mol. The summed E-state index contributed by atoms with van der Waals surface area (Å²) < 4.78 is 0. The topological polar surface area (TPSA) is 78.4 Å². The number of carbonyl (C=O) groups is 1. The zero-order chi connectivity index (χ0) is 19.6. The van der Waals surface area contributed by atoms with Gasteiger partial charge in [-0.15, -0.1) is 0 Å². The molecule has 1 fully saturated rings. The van der Waals surface area contributed by atoms with E-state index in [2.05, 4.69) is 15.2 Å². The first-order valence-corrected chi connectivity index (χ1v) is 9.53. The van der Waals surface area contributed by atoms with Gasteiger partial charge in [-0.1, -0.05) is 18.2 Å². The Morgan fingerprint density at radius 3 is 2.64 bits per heavy atom. The van der Waals surface area contributed by atoms with E-state index in [0.29, 0.717) is 18.4 Å². The fraction of sp³-hybridized carbons (Fsp3) is 0.318. The Hall–Kier alpha value is -2.83. The van der Waals surface area contributed by atoms with Gasteiger partial charge < -0.3 is 15.3 Å². The number of carbonyl (C=O) groups excluding carboxylic acids is 1. The number of amides is 1. The number of nitrogens with one attached hydrogen (secondary N) is 1. The first kappa shape index (κ1) is 18.5. The fourth-order valence-electron chi connectivity index (χ4n) is 3.59. The van der Waals surface area contributed by atoms with Crippen LogP contribution >= 0.6 is 0 Å². The number of fused-ring (bicyclic) bond motifs is 1. The minimum absolute atomic E-state index is 0.193. The van der Waals surface area contributed by atoms with Gasteiger partial charge in [0, 0.05) is 43.0 Å². The van der Waals surface area contributed by atoms with Crippen molar-refractivity contribution in [2.24, 2.45) is 0 Å². The lowest BCUT2D eigenvalue weighted by molar-refractivity contribution is -0.0135. The maximum Gasteiger partial charge on any atom is 0.252 e. The third-order valence-corrected chi connectivity index (χ3v) is 5.43. The van der Waals surface area contributed by atoms with Crippen molar-refractivity contribution in [2.45, 2.75) is 18.4 Å². The van der Waals surface area contributed by atoms with Crippen molar-refractivity contribution in [3.63, 3.8) is 0 Å². The van der Waals surface area contributed by atoms with Gasteiger partial charge in [0.1, 0.15) is 0 Å². The Balaban J connectivity index is 1.62. The molecule has 0 spiro atoms. The number of hydrogen-bond acceptors (Lipinski definition) is 5. The maximum atomic E-state index is 13.0. The van der Waals surface area contributed by atoms with Crippen molar-refractivity contribution in [3.05, 3.63) is 60.4 Å². The Labute approximate surface area is 164 Å². The molecule has 2 aromatic heterocycles. The maximum absolute atomic E-state index is 13.0. The van der Waals surface area contributed by atoms with Crippen molar-refractivity contribution in [3.8, 4) is 11.3 Å². The molecular formula is C22H24N4O2. The third-order valence-electron chi connectivity index (χ3n) is 5.43. The van der Waals surface area contributed by atoms with E-state index in [4.69, 9.17) is 4.98 Å². The van der Waals surface area contributed by atoms with E-state index in [-0.39, 0.29) is 12.5 Å². The Morgan fingerprint density at radius 2 is 1.89 bits per heavy atom. The van der Waals surface area contributed by atoms with Crippen LogP contribution in [0.2, 0.25) is 0 Å². The fourth-order valence-corrected chi connectivity index (χ4v) is 3.59. The van der Waals surface area contributed by atoms with E-state index in [0.717, 1.165) is 35.2 Å². The quantitative estimate of drug-likeness (QED) is 0.731. The Bertz CT molecular complexity index is 982. The zero-order valence-electron chi connectivity index (χ0n) is 15.9. The molecule has 1 aliphatic heterocycles. The van der Waals surface area contributed by atoms with Gasteiger partial charge >= 0.3 is 0 Å². The van der Waals surface area contributed by atoms with Gasteiger partial charge in [-0.2, -0.15) is 0 Å². The summed E-state index contributed by atoms with van der Waals surface area (Å²) in [6.07, 6.45) is 4.73. The van der Waals surface area contributed by atoms with Gasteiger partial charge in [0.25, 0.3) is 5.91 Å². The summed E-state index contributed by atoms with van der Waals surface area (Å²) in [5.74, 6) is -0.193. The van der Waals surface area contributed by atoms with Gasteiger partial charge in [0.05, 0.1) is 22.4 Å². The first-order chi connectivity index (χ1) is 13.5. The molecule has 0 unspecified atom stereocenters. The number of aliphatic hydroxyl groups is 1. The molecule has 1 amide bonds. The minimum atomic E-state index is -0.848. The Kier molecular flexibility index (Phi) is 5.07. The van der Waals surface area contributed by atoms with Crippen LogP contribution in [0.5, 0.6) is 0 Å². The largest absolute Gasteiger partial charge is 0.388 e. The molecular weight excluding hydrogens is 352 g/mol. The molecule has 0 aliphatic carbocycles. The molecule has 1 saturated heterocycles. The average Bonchev–Trinajstić information content (AvgIpc) is 2.74. The van der Waals surface area contributed by atoms with Crippen LogP contribution in [0.15, 0.2) is 54.9 Å². The molecule has 0 radical (unpaired) electrons. The highest BCUT2D eigenvalue weighted by Gasteiger charge is 2.31. The predicted octanol–water partition coefficient (Wildman–Crippen LogP) is 2.48. The van der Waals surface area contributed by atoms with Gasteiger partial charge in [0.2, 0.25) is 0 Å². The highest BCUT2D eigenvalue weighted by molar-refractivity contribution is 6.07. The molecule has 2 N–H and O–H groups in total. The molecule has 3 aromatic rings. The number of piperidine rings is 1. The smallest absolute Gasteiger partial charge is 0.252 e. The standard InChI is InChI=1S/C22H24N4O2/c1-26-12-8-22(28,9-13-26)15-24-21(27)18-14-20(16-6-10-23-11-7-16)25-19-5-3-2-4-17(18)19/h2-7,10-11,14,28H,8-9,12-13,15H2,1H3,(H,24,27). The highest BCUT2D eigenvalue weighted by atomic mass is 16.3. The second-order valence-corrected chi connectivity index (χ2v) is 7.52. The van der Waals surface area contributed by atoms with Crippen LogP contribution in [0.4, 0.5) is 0 Å². The van der Waals surface area contributed by atoms with Crippen molar-refractivity contribution in [2.75, 3.05) is 26.7 Å². The van der Waals surface area contributed by atoms with Crippen LogP contribution in [-0.4, -0.2) is 58.2 Å². The van der Waals surface area contributed by atoms with E-state index >= 15 is 0 Å². The molecule has 0 bridgehead atoms. The third kappa shape index (κ3) is 3.88. The number of hydrogen-bond donors (Lipinski definition) is 2. The van der Waals surface area contributed by atoms with Crippen molar-refractivity contribution >= 4 is 16.8 Å². The van der Waals surface area contributed by atoms with Gasteiger partial charge in [-0.25, -0.2) is 4.98 Å². The second-order valence-electron chi connectivity index (χ2n) is 7.52. The zero-order valence-corrected chi connectivity index (χ0v) is 15.9. The van der Waals surface area contributed by atoms with Crippen molar-refractivity contribution in [1.82, 2.24) is 20.2 Å².